The summed E-state index contributed by atoms with van der Waals surface area (Å²) in [4.78, 5) is 25.7. The number of fused-ring (bicyclic) bond motifs is 1. The maximum absolute atomic E-state index is 13.2. The number of benzene rings is 1. The van der Waals surface area contributed by atoms with Crippen molar-refractivity contribution >= 4 is 11.9 Å². The average Bonchev–Trinajstić information content (AvgIpc) is 3.14. The number of aliphatic hydroxyl groups is 3. The van der Waals surface area contributed by atoms with Gasteiger partial charge in [-0.25, -0.2) is 4.79 Å². The molecule has 8 nitrogen and oxygen atoms in total. The lowest BCUT2D eigenvalue weighted by molar-refractivity contribution is -0.181. The summed E-state index contributed by atoms with van der Waals surface area (Å²) >= 11 is 0. The summed E-state index contributed by atoms with van der Waals surface area (Å²) in [6.07, 6.45) is 23.8. The molecule has 1 aliphatic carbocycles. The normalized spacial score (nSPS) is 29.3. The molecule has 5 atom stereocenters. The summed E-state index contributed by atoms with van der Waals surface area (Å²) in [6, 6.07) is 9.23. The molecule has 0 saturated heterocycles. The zero-order chi connectivity index (χ0) is 30.6. The number of carbonyl (C=O) groups excluding carboxylic acids is 2. The van der Waals surface area contributed by atoms with Crippen LogP contribution in [0.15, 0.2) is 139 Å². The number of hydrogen-bond donors (Lipinski definition) is 4. The first-order valence-corrected chi connectivity index (χ1v) is 13.4. The van der Waals surface area contributed by atoms with Gasteiger partial charge in [0.1, 0.15) is 18.0 Å². The number of methoxy groups -OCH3 is 1. The Morgan fingerprint density at radius 3 is 2.05 bits per heavy atom. The number of amides is 1. The van der Waals surface area contributed by atoms with Gasteiger partial charge in [-0.3, -0.25) is 4.79 Å². The van der Waals surface area contributed by atoms with Gasteiger partial charge in [0.15, 0.2) is 0 Å². The molecule has 0 spiro atoms. The van der Waals surface area contributed by atoms with Crippen molar-refractivity contribution in [2.75, 3.05) is 7.11 Å². The monoisotopic (exact) mass is 571 g/mol. The summed E-state index contributed by atoms with van der Waals surface area (Å²) in [7, 11) is 1.30. The van der Waals surface area contributed by atoms with Gasteiger partial charge < -0.3 is 30.1 Å². The molecule has 5 unspecified atom stereocenters. The lowest BCUT2D eigenvalue weighted by atomic mass is 9.80. The Morgan fingerprint density at radius 2 is 1.40 bits per heavy atom. The van der Waals surface area contributed by atoms with Crippen LogP contribution in [0.1, 0.15) is 25.5 Å². The van der Waals surface area contributed by atoms with Crippen LogP contribution >= 0.6 is 0 Å². The number of rotatable bonds is 2. The zero-order valence-corrected chi connectivity index (χ0v) is 23.8. The first-order chi connectivity index (χ1) is 20.1. The number of nitrogens with one attached hydrogen (secondary N) is 1. The zero-order valence-electron chi connectivity index (χ0n) is 23.8. The van der Waals surface area contributed by atoms with Crippen molar-refractivity contribution < 1.29 is 34.4 Å². The molecule has 3 rings (SSSR count). The fourth-order valence-corrected chi connectivity index (χ4v) is 4.48. The highest BCUT2D eigenvalue weighted by molar-refractivity contribution is 5.93. The van der Waals surface area contributed by atoms with E-state index in [1.54, 1.807) is 73.8 Å². The van der Waals surface area contributed by atoms with E-state index in [0.717, 1.165) is 5.56 Å². The number of hydrogen-bond acceptors (Lipinski definition) is 7. The van der Waals surface area contributed by atoms with Gasteiger partial charge in [0.2, 0.25) is 11.7 Å². The molecular weight excluding hydrogens is 534 g/mol. The molecule has 0 fully saturated rings. The van der Waals surface area contributed by atoms with E-state index < -0.39 is 35.1 Å². The van der Waals surface area contributed by atoms with E-state index in [4.69, 9.17) is 9.47 Å². The van der Waals surface area contributed by atoms with Crippen molar-refractivity contribution in [3.63, 3.8) is 0 Å². The molecule has 1 aromatic carbocycles. The summed E-state index contributed by atoms with van der Waals surface area (Å²) < 4.78 is 10.5. The van der Waals surface area contributed by atoms with Crippen LogP contribution in [0.2, 0.25) is 0 Å². The lowest BCUT2D eigenvalue weighted by Crippen LogP contribution is -2.39. The van der Waals surface area contributed by atoms with Gasteiger partial charge in [-0.1, -0.05) is 115 Å². The van der Waals surface area contributed by atoms with Crippen LogP contribution in [0, 0.1) is 5.41 Å². The molecule has 0 radical (unpaired) electrons. The van der Waals surface area contributed by atoms with Gasteiger partial charge in [-0.05, 0) is 18.6 Å². The van der Waals surface area contributed by atoms with Crippen molar-refractivity contribution in [2.45, 2.75) is 37.9 Å². The summed E-state index contributed by atoms with van der Waals surface area (Å²) in [5, 5.41) is 35.3. The Morgan fingerprint density at radius 1 is 0.833 bits per heavy atom. The van der Waals surface area contributed by atoms with Gasteiger partial charge in [-0.15, -0.1) is 0 Å². The van der Waals surface area contributed by atoms with E-state index in [9.17, 15) is 24.9 Å². The standard InChI is InChI=1S/C34H37NO7/c1-33-23-17-10-6-5-9-16-22-27(36)35-26(25-19-13-12-14-20-25)21-15-8-4-7-11-18-24-34(2,40)42-32(39)28(33)29(37)30(41-3)31(33)38/h4-24,26,30-31,37-38,40H,1-3H3,(H,35,36). The number of carbonyl (C=O) groups is 2. The van der Waals surface area contributed by atoms with Crippen LogP contribution in [0.5, 0.6) is 0 Å². The highest BCUT2D eigenvalue weighted by atomic mass is 16.7. The van der Waals surface area contributed by atoms with Crippen LogP contribution in [0.25, 0.3) is 0 Å². The number of cyclic esters (lactones) is 1. The summed E-state index contributed by atoms with van der Waals surface area (Å²) in [5.74, 6) is -3.74. The number of esters is 1. The van der Waals surface area contributed by atoms with Crippen molar-refractivity contribution in [3.05, 3.63) is 144 Å². The molecule has 2 aliphatic rings. The highest BCUT2D eigenvalue weighted by Gasteiger charge is 2.53. The first-order valence-electron chi connectivity index (χ1n) is 13.4. The van der Waals surface area contributed by atoms with E-state index in [2.05, 4.69) is 5.32 Å². The number of aliphatic hydroxyl groups excluding tert-OH is 2. The van der Waals surface area contributed by atoms with Gasteiger partial charge in [0.25, 0.3) is 0 Å². The van der Waals surface area contributed by atoms with Crippen LogP contribution in [0.3, 0.4) is 0 Å². The Balaban J connectivity index is 1.92. The van der Waals surface area contributed by atoms with E-state index in [1.165, 1.54) is 32.3 Å². The van der Waals surface area contributed by atoms with Crippen molar-refractivity contribution in [1.29, 1.82) is 0 Å². The van der Waals surface area contributed by atoms with E-state index in [1.807, 2.05) is 42.5 Å². The second-order valence-electron chi connectivity index (χ2n) is 9.99. The van der Waals surface area contributed by atoms with Crippen LogP contribution < -0.4 is 5.32 Å². The van der Waals surface area contributed by atoms with Gasteiger partial charge in [0.05, 0.1) is 17.0 Å². The molecule has 1 amide bonds. The SMILES string of the molecule is COC1C(O)=C2C(=O)OC(C)(O)C=CC=CC=CC=CC(c3ccccc3)NC(=O)C=CC=CC=CC=CC2(C)C1O. The number of allylic oxidation sites excluding steroid dienone is 12. The first kappa shape index (κ1) is 32.0. The predicted octanol–water partition coefficient (Wildman–Crippen LogP) is 4.77. The topological polar surface area (TPSA) is 125 Å². The molecule has 1 aliphatic heterocycles. The molecule has 0 aromatic heterocycles. The summed E-state index contributed by atoms with van der Waals surface area (Å²) in [5.41, 5.74) is -0.678. The molecular formula is C34H37NO7. The second kappa shape index (κ2) is 14.9. The van der Waals surface area contributed by atoms with Crippen molar-refractivity contribution in [1.82, 2.24) is 5.32 Å². The predicted molar refractivity (Wildman–Crippen MR) is 162 cm³/mol. The van der Waals surface area contributed by atoms with E-state index >= 15 is 0 Å². The number of ether oxygens (including phenoxy) is 2. The van der Waals surface area contributed by atoms with Gasteiger partial charge in [-0.2, -0.15) is 0 Å². The highest BCUT2D eigenvalue weighted by Crippen LogP contribution is 2.45. The Kier molecular flexibility index (Phi) is 11.4. The maximum atomic E-state index is 13.2. The van der Waals surface area contributed by atoms with Crippen LogP contribution in [-0.4, -0.2) is 52.3 Å². The summed E-state index contributed by atoms with van der Waals surface area (Å²) in [6.45, 7) is 2.84. The molecule has 4 N–H and O–H groups in total. The van der Waals surface area contributed by atoms with Gasteiger partial charge in [0, 0.05) is 20.1 Å². The van der Waals surface area contributed by atoms with Crippen LogP contribution in [-0.2, 0) is 19.1 Å². The molecule has 0 bridgehead atoms. The third-order valence-electron chi connectivity index (χ3n) is 6.69. The largest absolute Gasteiger partial charge is 0.509 e. The minimum absolute atomic E-state index is 0.224. The Bertz CT molecular complexity index is 1380. The van der Waals surface area contributed by atoms with Gasteiger partial charge >= 0.3 is 5.97 Å². The fourth-order valence-electron chi connectivity index (χ4n) is 4.48. The fraction of sp³-hybridized carbons (Fsp3) is 0.235. The van der Waals surface area contributed by atoms with E-state index in [0.29, 0.717) is 0 Å². The lowest BCUT2D eigenvalue weighted by Gasteiger charge is -2.29. The maximum Gasteiger partial charge on any atom is 0.341 e. The minimum Gasteiger partial charge on any atom is -0.509 e. The second-order valence-corrected chi connectivity index (χ2v) is 9.99. The molecule has 220 valence electrons. The van der Waals surface area contributed by atoms with E-state index in [-0.39, 0.29) is 17.5 Å². The van der Waals surface area contributed by atoms with Crippen molar-refractivity contribution in [2.24, 2.45) is 5.41 Å². The molecule has 1 aromatic rings. The Labute approximate surface area is 246 Å². The molecule has 42 heavy (non-hydrogen) atoms. The average molecular weight is 572 g/mol. The quantitative estimate of drug-likeness (QED) is 0.377. The molecule has 1 heterocycles. The third-order valence-corrected chi connectivity index (χ3v) is 6.69. The van der Waals surface area contributed by atoms with Crippen LogP contribution in [0.4, 0.5) is 0 Å². The smallest absolute Gasteiger partial charge is 0.341 e. The molecule has 0 saturated carbocycles. The van der Waals surface area contributed by atoms with Crippen molar-refractivity contribution in [3.8, 4) is 0 Å². The Hall–Kier alpha value is -4.50. The third kappa shape index (κ3) is 8.50. The minimum atomic E-state index is -2.01. The molecule has 8 heteroatoms.